The van der Waals surface area contributed by atoms with Crippen LogP contribution in [0.4, 0.5) is 34.9 Å². The van der Waals surface area contributed by atoms with Gasteiger partial charge in [0.2, 0.25) is 5.95 Å². The van der Waals surface area contributed by atoms with E-state index < -0.39 is 28.8 Å². The standard InChI is InChI=1S/C25H23F4N7O/c1-13(2)36-19-10-14(9-15(26)24(19)31-12-20(36)37)23-16(27)11-32-25(34-23)33-17-3-4-18(22(29)21(17)28)35-7-5-30-6-8-35/h3-4,9-13,30H,5-8H2,1-2H3,(H,32,33,34). The van der Waals surface area contributed by atoms with Gasteiger partial charge < -0.3 is 20.1 Å². The van der Waals surface area contributed by atoms with Crippen molar-refractivity contribution in [2.24, 2.45) is 0 Å². The van der Waals surface area contributed by atoms with Crippen LogP contribution in [0, 0.1) is 23.3 Å². The molecule has 4 aromatic rings. The fourth-order valence-electron chi connectivity index (χ4n) is 4.40. The molecule has 1 aliphatic rings. The van der Waals surface area contributed by atoms with Crippen LogP contribution in [0.2, 0.25) is 0 Å². The highest BCUT2D eigenvalue weighted by Gasteiger charge is 2.21. The van der Waals surface area contributed by atoms with E-state index in [2.05, 4.69) is 25.6 Å². The minimum absolute atomic E-state index is 0.0236. The van der Waals surface area contributed by atoms with Crippen molar-refractivity contribution < 1.29 is 17.6 Å². The number of nitrogens with one attached hydrogen (secondary N) is 2. The Bertz CT molecular complexity index is 1550. The molecule has 12 heteroatoms. The molecule has 0 amide bonds. The molecule has 1 aliphatic heterocycles. The fourth-order valence-corrected chi connectivity index (χ4v) is 4.40. The third-order valence-corrected chi connectivity index (χ3v) is 6.14. The number of benzene rings is 2. The van der Waals surface area contributed by atoms with Crippen LogP contribution in [0.25, 0.3) is 22.3 Å². The number of piperazine rings is 1. The van der Waals surface area contributed by atoms with E-state index in [1.54, 1.807) is 18.7 Å². The van der Waals surface area contributed by atoms with Gasteiger partial charge in [-0.25, -0.2) is 32.5 Å². The van der Waals surface area contributed by atoms with Gasteiger partial charge in [-0.1, -0.05) is 0 Å². The number of hydrogen-bond acceptors (Lipinski definition) is 7. The number of halogens is 4. The summed E-state index contributed by atoms with van der Waals surface area (Å²) in [4.78, 5) is 25.9. The first kappa shape index (κ1) is 24.6. The van der Waals surface area contributed by atoms with Gasteiger partial charge in [0.15, 0.2) is 23.3 Å². The molecular weight excluding hydrogens is 490 g/mol. The molecule has 0 saturated carbocycles. The molecule has 0 bridgehead atoms. The van der Waals surface area contributed by atoms with Gasteiger partial charge >= 0.3 is 0 Å². The SMILES string of the molecule is CC(C)n1c(=O)cnc2c(F)cc(-c3nc(Nc4ccc(N5CCNCC5)c(F)c4F)ncc3F)cc21. The van der Waals surface area contributed by atoms with Crippen LogP contribution >= 0.6 is 0 Å². The number of anilines is 3. The van der Waals surface area contributed by atoms with Gasteiger partial charge in [0.25, 0.3) is 5.56 Å². The van der Waals surface area contributed by atoms with E-state index in [1.165, 1.54) is 22.8 Å². The smallest absolute Gasteiger partial charge is 0.269 e. The summed E-state index contributed by atoms with van der Waals surface area (Å²) in [5, 5.41) is 5.72. The predicted molar refractivity (Wildman–Crippen MR) is 132 cm³/mol. The molecule has 192 valence electrons. The maximum atomic E-state index is 14.9. The molecule has 3 heterocycles. The molecule has 0 unspecified atom stereocenters. The van der Waals surface area contributed by atoms with Crippen molar-refractivity contribution >= 4 is 28.4 Å². The zero-order valence-electron chi connectivity index (χ0n) is 20.0. The Balaban J connectivity index is 1.53. The first-order valence-electron chi connectivity index (χ1n) is 11.7. The maximum absolute atomic E-state index is 14.9. The molecule has 1 fully saturated rings. The average molecular weight is 513 g/mol. The molecule has 8 nitrogen and oxygen atoms in total. The lowest BCUT2D eigenvalue weighted by atomic mass is 10.1. The monoisotopic (exact) mass is 513 g/mol. The average Bonchev–Trinajstić information content (AvgIpc) is 2.88. The Kier molecular flexibility index (Phi) is 6.50. The minimum atomic E-state index is -1.13. The van der Waals surface area contributed by atoms with Crippen molar-refractivity contribution in [1.29, 1.82) is 0 Å². The van der Waals surface area contributed by atoms with Crippen LogP contribution in [-0.2, 0) is 0 Å². The lowest BCUT2D eigenvalue weighted by Gasteiger charge is -2.30. The summed E-state index contributed by atoms with van der Waals surface area (Å²) >= 11 is 0. The highest BCUT2D eigenvalue weighted by molar-refractivity contribution is 5.82. The van der Waals surface area contributed by atoms with Crippen LogP contribution in [0.5, 0.6) is 0 Å². The zero-order valence-corrected chi connectivity index (χ0v) is 20.0. The van der Waals surface area contributed by atoms with Crippen molar-refractivity contribution in [2.75, 3.05) is 36.4 Å². The predicted octanol–water partition coefficient (Wildman–Crippen LogP) is 4.14. The molecular formula is C25H23F4N7O. The molecule has 37 heavy (non-hydrogen) atoms. The van der Waals surface area contributed by atoms with Crippen LogP contribution in [0.15, 0.2) is 41.5 Å². The van der Waals surface area contributed by atoms with E-state index in [0.29, 0.717) is 26.2 Å². The van der Waals surface area contributed by atoms with Gasteiger partial charge in [0.1, 0.15) is 11.2 Å². The Labute approximate surface area is 209 Å². The van der Waals surface area contributed by atoms with Crippen molar-refractivity contribution in [2.45, 2.75) is 19.9 Å². The van der Waals surface area contributed by atoms with Crippen molar-refractivity contribution in [1.82, 2.24) is 24.8 Å². The van der Waals surface area contributed by atoms with Crippen LogP contribution in [-0.4, -0.2) is 45.7 Å². The van der Waals surface area contributed by atoms with Crippen LogP contribution < -0.4 is 21.1 Å². The number of rotatable bonds is 5. The summed E-state index contributed by atoms with van der Waals surface area (Å²) in [6, 6.07) is 4.94. The summed E-state index contributed by atoms with van der Waals surface area (Å²) in [6.07, 6.45) is 1.87. The quantitative estimate of drug-likeness (QED) is 0.388. The second-order valence-corrected chi connectivity index (χ2v) is 8.90. The summed E-state index contributed by atoms with van der Waals surface area (Å²) in [5.41, 5.74) is -0.683. The summed E-state index contributed by atoms with van der Waals surface area (Å²) in [5.74, 6) is -4.02. The van der Waals surface area contributed by atoms with E-state index in [1.807, 2.05) is 0 Å². The minimum Gasteiger partial charge on any atom is -0.367 e. The number of nitrogens with zero attached hydrogens (tertiary/aromatic N) is 5. The first-order valence-corrected chi connectivity index (χ1v) is 11.7. The molecule has 2 aromatic carbocycles. The van der Waals surface area contributed by atoms with Gasteiger partial charge in [0, 0.05) is 37.8 Å². The Morgan fingerprint density at radius 3 is 2.46 bits per heavy atom. The summed E-state index contributed by atoms with van der Waals surface area (Å²) in [7, 11) is 0. The van der Waals surface area contributed by atoms with Crippen molar-refractivity contribution in [3.63, 3.8) is 0 Å². The zero-order chi connectivity index (χ0) is 26.3. The highest BCUT2D eigenvalue weighted by atomic mass is 19.2. The van der Waals surface area contributed by atoms with Crippen molar-refractivity contribution in [3.05, 3.63) is 70.3 Å². The molecule has 5 rings (SSSR count). The molecule has 2 aromatic heterocycles. The van der Waals surface area contributed by atoms with E-state index in [0.717, 1.165) is 18.5 Å². The lowest BCUT2D eigenvalue weighted by Crippen LogP contribution is -2.44. The van der Waals surface area contributed by atoms with E-state index in [9.17, 15) is 22.4 Å². The topological polar surface area (TPSA) is 88.0 Å². The molecule has 0 spiro atoms. The van der Waals surface area contributed by atoms with Gasteiger partial charge in [-0.05, 0) is 38.1 Å². The third kappa shape index (κ3) is 4.59. The normalized spacial score (nSPS) is 14.0. The molecule has 2 N–H and O–H groups in total. The van der Waals surface area contributed by atoms with Gasteiger partial charge in [-0.3, -0.25) is 4.79 Å². The van der Waals surface area contributed by atoms with Crippen LogP contribution in [0.3, 0.4) is 0 Å². The number of aromatic nitrogens is 4. The van der Waals surface area contributed by atoms with Gasteiger partial charge in [-0.2, -0.15) is 0 Å². The second-order valence-electron chi connectivity index (χ2n) is 8.90. The van der Waals surface area contributed by atoms with E-state index >= 15 is 0 Å². The maximum Gasteiger partial charge on any atom is 0.269 e. The Hall–Kier alpha value is -4.06. The lowest BCUT2D eigenvalue weighted by molar-refractivity contribution is 0.502. The largest absolute Gasteiger partial charge is 0.367 e. The molecule has 1 saturated heterocycles. The Morgan fingerprint density at radius 1 is 0.973 bits per heavy atom. The number of fused-ring (bicyclic) bond motifs is 1. The molecule has 0 aliphatic carbocycles. The van der Waals surface area contributed by atoms with Gasteiger partial charge in [-0.15, -0.1) is 0 Å². The summed E-state index contributed by atoms with van der Waals surface area (Å²) < 4.78 is 60.7. The summed E-state index contributed by atoms with van der Waals surface area (Å²) in [6.45, 7) is 5.89. The van der Waals surface area contributed by atoms with Gasteiger partial charge in [0.05, 0.1) is 29.3 Å². The van der Waals surface area contributed by atoms with Crippen LogP contribution in [0.1, 0.15) is 19.9 Å². The van der Waals surface area contributed by atoms with E-state index in [4.69, 9.17) is 0 Å². The Morgan fingerprint density at radius 2 is 1.73 bits per heavy atom. The van der Waals surface area contributed by atoms with Crippen molar-refractivity contribution in [3.8, 4) is 11.3 Å². The molecule has 0 radical (unpaired) electrons. The molecule has 0 atom stereocenters. The third-order valence-electron chi connectivity index (χ3n) is 6.14. The fraction of sp³-hybridized carbons (Fsp3) is 0.280. The highest BCUT2D eigenvalue weighted by Crippen LogP contribution is 2.31. The number of hydrogen-bond donors (Lipinski definition) is 2. The van der Waals surface area contributed by atoms with E-state index in [-0.39, 0.29) is 45.7 Å². The first-order chi connectivity index (χ1) is 17.7. The second kappa shape index (κ2) is 9.77.